The van der Waals surface area contributed by atoms with Crippen LogP contribution in [0.1, 0.15) is 19.8 Å². The first-order valence-corrected chi connectivity index (χ1v) is 9.03. The van der Waals surface area contributed by atoms with Crippen LogP contribution in [-0.2, 0) is 4.79 Å². The predicted molar refractivity (Wildman–Crippen MR) is 95.1 cm³/mol. The highest BCUT2D eigenvalue weighted by Crippen LogP contribution is 2.20. The number of hydrogen-bond acceptors (Lipinski definition) is 3. The van der Waals surface area contributed by atoms with Crippen LogP contribution in [0.2, 0.25) is 5.02 Å². The van der Waals surface area contributed by atoms with Crippen molar-refractivity contribution in [1.29, 1.82) is 0 Å². The maximum atomic E-state index is 12.4. The largest absolute Gasteiger partial charge is 0.369 e. The van der Waals surface area contributed by atoms with E-state index in [-0.39, 0.29) is 5.92 Å². The van der Waals surface area contributed by atoms with Gasteiger partial charge in [0.1, 0.15) is 0 Å². The van der Waals surface area contributed by atoms with Gasteiger partial charge >= 0.3 is 0 Å². The molecule has 0 aliphatic carbocycles. The summed E-state index contributed by atoms with van der Waals surface area (Å²) < 4.78 is 0. The van der Waals surface area contributed by atoms with Crippen molar-refractivity contribution in [1.82, 2.24) is 9.80 Å². The number of halogens is 1. The summed E-state index contributed by atoms with van der Waals surface area (Å²) in [7, 11) is 0. The number of rotatable bonds is 4. The van der Waals surface area contributed by atoms with Gasteiger partial charge in [-0.15, -0.1) is 0 Å². The SMILES string of the molecule is CC(CN1CCN(c2ccc(Cl)cc2)CC1)C(=O)N1CCCC1. The highest BCUT2D eigenvalue weighted by atomic mass is 35.5. The van der Waals surface area contributed by atoms with E-state index < -0.39 is 0 Å². The van der Waals surface area contributed by atoms with Crippen LogP contribution >= 0.6 is 11.6 Å². The lowest BCUT2D eigenvalue weighted by atomic mass is 10.1. The summed E-state index contributed by atoms with van der Waals surface area (Å²) >= 11 is 5.95. The highest BCUT2D eigenvalue weighted by Gasteiger charge is 2.26. The number of piperazine rings is 1. The van der Waals surface area contributed by atoms with Crippen LogP contribution in [-0.4, -0.2) is 61.5 Å². The Labute approximate surface area is 144 Å². The molecule has 0 spiro atoms. The number of nitrogens with zero attached hydrogens (tertiary/aromatic N) is 3. The Balaban J connectivity index is 1.47. The number of amides is 1. The van der Waals surface area contributed by atoms with E-state index >= 15 is 0 Å². The summed E-state index contributed by atoms with van der Waals surface area (Å²) in [5.74, 6) is 0.442. The molecule has 2 fully saturated rings. The summed E-state index contributed by atoms with van der Waals surface area (Å²) in [6.45, 7) is 8.90. The lowest BCUT2D eigenvalue weighted by molar-refractivity contribution is -0.134. The Morgan fingerprint density at radius 3 is 2.26 bits per heavy atom. The second-order valence-electron chi connectivity index (χ2n) is 6.70. The van der Waals surface area contributed by atoms with E-state index in [0.717, 1.165) is 63.7 Å². The molecule has 4 nitrogen and oxygen atoms in total. The molecule has 1 unspecified atom stereocenters. The molecule has 2 aliphatic heterocycles. The normalized spacial score (nSPS) is 20.8. The van der Waals surface area contributed by atoms with Gasteiger partial charge in [-0.1, -0.05) is 18.5 Å². The van der Waals surface area contributed by atoms with Gasteiger partial charge in [0.25, 0.3) is 0 Å². The zero-order valence-corrected chi connectivity index (χ0v) is 14.6. The van der Waals surface area contributed by atoms with Crippen LogP contribution in [0, 0.1) is 5.92 Å². The Bertz CT molecular complexity index is 520. The second-order valence-corrected chi connectivity index (χ2v) is 7.13. The lowest BCUT2D eigenvalue weighted by Crippen LogP contribution is -2.49. The number of likely N-dealkylation sites (tertiary alicyclic amines) is 1. The van der Waals surface area contributed by atoms with Gasteiger partial charge in [-0.3, -0.25) is 9.69 Å². The van der Waals surface area contributed by atoms with E-state index in [1.165, 1.54) is 5.69 Å². The molecule has 0 radical (unpaired) electrons. The fraction of sp³-hybridized carbons (Fsp3) is 0.611. The van der Waals surface area contributed by atoms with Crippen molar-refractivity contribution < 1.29 is 4.79 Å². The number of hydrogen-bond donors (Lipinski definition) is 0. The number of benzene rings is 1. The zero-order valence-electron chi connectivity index (χ0n) is 13.9. The maximum absolute atomic E-state index is 12.4. The van der Waals surface area contributed by atoms with Crippen LogP contribution in [0.15, 0.2) is 24.3 Å². The molecule has 1 amide bonds. The minimum Gasteiger partial charge on any atom is -0.369 e. The minimum absolute atomic E-state index is 0.107. The summed E-state index contributed by atoms with van der Waals surface area (Å²) in [5, 5.41) is 0.779. The fourth-order valence-electron chi connectivity index (χ4n) is 3.56. The van der Waals surface area contributed by atoms with Crippen LogP contribution in [0.4, 0.5) is 5.69 Å². The fourth-order valence-corrected chi connectivity index (χ4v) is 3.68. The van der Waals surface area contributed by atoms with E-state index in [4.69, 9.17) is 11.6 Å². The van der Waals surface area contributed by atoms with Gasteiger partial charge in [0, 0.05) is 62.4 Å². The third kappa shape index (κ3) is 4.18. The predicted octanol–water partition coefficient (Wildman–Crippen LogP) is 2.72. The van der Waals surface area contributed by atoms with Gasteiger partial charge in [0.2, 0.25) is 5.91 Å². The van der Waals surface area contributed by atoms with Gasteiger partial charge < -0.3 is 9.80 Å². The molecule has 3 rings (SSSR count). The molecular weight excluding hydrogens is 310 g/mol. The lowest BCUT2D eigenvalue weighted by Gasteiger charge is -2.37. The zero-order chi connectivity index (χ0) is 16.2. The summed E-state index contributed by atoms with van der Waals surface area (Å²) in [6.07, 6.45) is 2.33. The molecule has 2 heterocycles. The quantitative estimate of drug-likeness (QED) is 0.846. The van der Waals surface area contributed by atoms with Gasteiger partial charge in [-0.2, -0.15) is 0 Å². The molecule has 1 aromatic rings. The molecular formula is C18H26ClN3O. The maximum Gasteiger partial charge on any atom is 0.226 e. The van der Waals surface area contributed by atoms with E-state index in [0.29, 0.717) is 5.91 Å². The van der Waals surface area contributed by atoms with Gasteiger partial charge in [-0.05, 0) is 37.1 Å². The van der Waals surface area contributed by atoms with Crippen molar-refractivity contribution >= 4 is 23.2 Å². The van der Waals surface area contributed by atoms with Crippen LogP contribution in [0.3, 0.4) is 0 Å². The van der Waals surface area contributed by atoms with E-state index in [1.54, 1.807) is 0 Å². The molecule has 0 saturated carbocycles. The number of anilines is 1. The van der Waals surface area contributed by atoms with Gasteiger partial charge in [0.15, 0.2) is 0 Å². The van der Waals surface area contributed by atoms with Crippen molar-refractivity contribution in [3.63, 3.8) is 0 Å². The van der Waals surface area contributed by atoms with Crippen molar-refractivity contribution in [3.8, 4) is 0 Å². The average molecular weight is 336 g/mol. The molecule has 0 aromatic heterocycles. The number of carbonyl (C=O) groups excluding carboxylic acids is 1. The topological polar surface area (TPSA) is 26.8 Å². The van der Waals surface area contributed by atoms with Crippen molar-refractivity contribution in [3.05, 3.63) is 29.3 Å². The van der Waals surface area contributed by atoms with Crippen LogP contribution < -0.4 is 4.90 Å². The molecule has 23 heavy (non-hydrogen) atoms. The van der Waals surface area contributed by atoms with Crippen LogP contribution in [0.25, 0.3) is 0 Å². The minimum atomic E-state index is 0.107. The first kappa shape index (κ1) is 16.6. The monoisotopic (exact) mass is 335 g/mol. The first-order chi connectivity index (χ1) is 11.1. The summed E-state index contributed by atoms with van der Waals surface area (Å²) in [4.78, 5) is 19.3. The third-order valence-electron chi connectivity index (χ3n) is 4.94. The Morgan fingerprint density at radius 1 is 1.04 bits per heavy atom. The first-order valence-electron chi connectivity index (χ1n) is 8.65. The third-order valence-corrected chi connectivity index (χ3v) is 5.19. The van der Waals surface area contributed by atoms with Crippen LogP contribution in [0.5, 0.6) is 0 Å². The summed E-state index contributed by atoms with van der Waals surface area (Å²) in [6, 6.07) is 8.05. The molecule has 1 atom stereocenters. The highest BCUT2D eigenvalue weighted by molar-refractivity contribution is 6.30. The Kier molecular flexibility index (Phi) is 5.44. The van der Waals surface area contributed by atoms with Gasteiger partial charge in [-0.25, -0.2) is 0 Å². The molecule has 0 N–H and O–H groups in total. The molecule has 2 saturated heterocycles. The Hall–Kier alpha value is -1.26. The summed E-state index contributed by atoms with van der Waals surface area (Å²) in [5.41, 5.74) is 1.23. The number of carbonyl (C=O) groups is 1. The van der Waals surface area contributed by atoms with Crippen molar-refractivity contribution in [2.24, 2.45) is 5.92 Å². The van der Waals surface area contributed by atoms with E-state index in [1.807, 2.05) is 17.0 Å². The molecule has 0 bridgehead atoms. The average Bonchev–Trinajstić information content (AvgIpc) is 3.10. The molecule has 2 aliphatic rings. The van der Waals surface area contributed by atoms with Crippen molar-refractivity contribution in [2.75, 3.05) is 50.7 Å². The molecule has 1 aromatic carbocycles. The van der Waals surface area contributed by atoms with E-state index in [9.17, 15) is 4.79 Å². The van der Waals surface area contributed by atoms with Gasteiger partial charge in [0.05, 0.1) is 0 Å². The molecule has 126 valence electrons. The Morgan fingerprint density at radius 2 is 1.65 bits per heavy atom. The second kappa shape index (κ2) is 7.54. The standard InChI is InChI=1S/C18H26ClN3O/c1-15(18(23)22-8-2-3-9-22)14-20-10-12-21(13-11-20)17-6-4-16(19)5-7-17/h4-7,15H,2-3,8-14H2,1H3. The van der Waals surface area contributed by atoms with E-state index in [2.05, 4.69) is 28.9 Å². The molecule has 5 heteroatoms. The smallest absolute Gasteiger partial charge is 0.226 e. The van der Waals surface area contributed by atoms with Crippen molar-refractivity contribution in [2.45, 2.75) is 19.8 Å².